The van der Waals surface area contributed by atoms with E-state index in [0.717, 1.165) is 32.1 Å². The van der Waals surface area contributed by atoms with Gasteiger partial charge in [0.05, 0.1) is 0 Å². The Hall–Kier alpha value is -1.42. The monoisotopic (exact) mass is 258 g/mol. The lowest BCUT2D eigenvalue weighted by atomic mass is 9.68. The van der Waals surface area contributed by atoms with Gasteiger partial charge in [0.2, 0.25) is 5.95 Å². The first-order valence-electron chi connectivity index (χ1n) is 7.19. The summed E-state index contributed by atoms with van der Waals surface area (Å²) < 4.78 is 0. The zero-order valence-electron chi connectivity index (χ0n) is 11.5. The Morgan fingerprint density at radius 1 is 1.16 bits per heavy atom. The van der Waals surface area contributed by atoms with Gasteiger partial charge in [-0.15, -0.1) is 6.58 Å². The first kappa shape index (κ1) is 12.6. The molecule has 0 aromatic carbocycles. The zero-order chi connectivity index (χ0) is 13.1. The molecule has 1 aromatic rings. The molecule has 4 nitrogen and oxygen atoms in total. The summed E-state index contributed by atoms with van der Waals surface area (Å²) in [4.78, 5) is 13.5. The normalized spacial score (nSPS) is 22.8. The van der Waals surface area contributed by atoms with Crippen molar-refractivity contribution < 1.29 is 0 Å². The minimum absolute atomic E-state index is 0.408. The second-order valence-corrected chi connectivity index (χ2v) is 5.73. The minimum atomic E-state index is 0.408. The van der Waals surface area contributed by atoms with Gasteiger partial charge in [0.25, 0.3) is 0 Å². The van der Waals surface area contributed by atoms with Crippen LogP contribution in [0.25, 0.3) is 0 Å². The summed E-state index contributed by atoms with van der Waals surface area (Å²) in [7, 11) is 0. The van der Waals surface area contributed by atoms with E-state index in [1.807, 2.05) is 18.5 Å². The lowest BCUT2D eigenvalue weighted by Crippen LogP contribution is -2.51. The topological polar surface area (TPSA) is 32.3 Å². The van der Waals surface area contributed by atoms with Crippen molar-refractivity contribution in [2.45, 2.75) is 19.3 Å². The molecule has 4 heteroatoms. The Kier molecular flexibility index (Phi) is 3.51. The highest BCUT2D eigenvalue weighted by atomic mass is 15.3. The van der Waals surface area contributed by atoms with E-state index in [0.29, 0.717) is 5.41 Å². The minimum Gasteiger partial charge on any atom is -0.338 e. The van der Waals surface area contributed by atoms with Gasteiger partial charge >= 0.3 is 0 Å². The highest BCUT2D eigenvalue weighted by Gasteiger charge is 2.36. The first-order chi connectivity index (χ1) is 9.31. The lowest BCUT2D eigenvalue weighted by Gasteiger charge is -2.45. The molecule has 0 N–H and O–H groups in total. The molecular weight excluding hydrogens is 236 g/mol. The van der Waals surface area contributed by atoms with E-state index in [2.05, 4.69) is 32.4 Å². The van der Waals surface area contributed by atoms with E-state index < -0.39 is 0 Å². The Morgan fingerprint density at radius 2 is 1.84 bits per heavy atom. The zero-order valence-corrected chi connectivity index (χ0v) is 11.5. The van der Waals surface area contributed by atoms with Crippen LogP contribution < -0.4 is 4.90 Å². The molecule has 0 atom stereocenters. The van der Waals surface area contributed by atoms with Crippen LogP contribution in [0.3, 0.4) is 0 Å². The van der Waals surface area contributed by atoms with Crippen LogP contribution in [0, 0.1) is 5.41 Å². The average Bonchev–Trinajstić information content (AvgIpc) is 2.45. The summed E-state index contributed by atoms with van der Waals surface area (Å²) in [5, 5.41) is 0. The van der Waals surface area contributed by atoms with Gasteiger partial charge in [0, 0.05) is 50.5 Å². The maximum Gasteiger partial charge on any atom is 0.225 e. The van der Waals surface area contributed by atoms with Crippen molar-refractivity contribution in [1.82, 2.24) is 14.9 Å². The van der Waals surface area contributed by atoms with Gasteiger partial charge in [-0.25, -0.2) is 9.97 Å². The average molecular weight is 258 g/mol. The van der Waals surface area contributed by atoms with Gasteiger partial charge in [-0.2, -0.15) is 0 Å². The molecule has 1 saturated heterocycles. The van der Waals surface area contributed by atoms with Crippen molar-refractivity contribution in [1.29, 1.82) is 0 Å². The third-order valence-corrected chi connectivity index (χ3v) is 4.53. The summed E-state index contributed by atoms with van der Waals surface area (Å²) in [6.45, 7) is 9.47. The lowest BCUT2D eigenvalue weighted by molar-refractivity contribution is 0.109. The van der Waals surface area contributed by atoms with Crippen molar-refractivity contribution in [2.75, 3.05) is 37.6 Å². The van der Waals surface area contributed by atoms with E-state index in [4.69, 9.17) is 0 Å². The third-order valence-electron chi connectivity index (χ3n) is 4.53. The van der Waals surface area contributed by atoms with Gasteiger partial charge in [0.15, 0.2) is 0 Å². The van der Waals surface area contributed by atoms with Gasteiger partial charge in [0.1, 0.15) is 0 Å². The molecule has 2 fully saturated rings. The van der Waals surface area contributed by atoms with Crippen LogP contribution in [0.15, 0.2) is 31.1 Å². The van der Waals surface area contributed by atoms with Crippen LogP contribution in [-0.2, 0) is 0 Å². The number of aromatic nitrogens is 2. The molecule has 1 aliphatic heterocycles. The van der Waals surface area contributed by atoms with Gasteiger partial charge in [-0.3, -0.25) is 4.90 Å². The molecule has 1 saturated carbocycles. The molecule has 0 bridgehead atoms. The van der Waals surface area contributed by atoms with Gasteiger partial charge in [-0.05, 0) is 18.9 Å². The predicted octanol–water partition coefficient (Wildman–Crippen LogP) is 1.95. The molecule has 0 amide bonds. The molecule has 1 aliphatic carbocycles. The number of hydrogen-bond donors (Lipinski definition) is 0. The van der Waals surface area contributed by atoms with Crippen LogP contribution in [-0.4, -0.2) is 47.6 Å². The van der Waals surface area contributed by atoms with Crippen LogP contribution in [0.2, 0.25) is 0 Å². The van der Waals surface area contributed by atoms with Gasteiger partial charge < -0.3 is 4.90 Å². The van der Waals surface area contributed by atoms with E-state index >= 15 is 0 Å². The summed E-state index contributed by atoms with van der Waals surface area (Å²) in [5.74, 6) is 0.865. The molecule has 2 aliphatic rings. The number of hydrogen-bond acceptors (Lipinski definition) is 4. The Morgan fingerprint density at radius 3 is 2.37 bits per heavy atom. The standard InChI is InChI=1S/C15H22N4/c1-2-15(5-3-6-15)13-18-9-11-19(12-10-18)14-16-7-4-8-17-14/h2,4,7-8H,1,3,5-6,9-13H2. The summed E-state index contributed by atoms with van der Waals surface area (Å²) in [5.41, 5.74) is 0.408. The molecule has 2 heterocycles. The molecule has 0 radical (unpaired) electrons. The molecule has 3 rings (SSSR count). The molecule has 1 aromatic heterocycles. The highest BCUT2D eigenvalue weighted by Crippen LogP contribution is 2.42. The van der Waals surface area contributed by atoms with Crippen molar-refractivity contribution in [3.8, 4) is 0 Å². The highest BCUT2D eigenvalue weighted by molar-refractivity contribution is 5.29. The predicted molar refractivity (Wildman–Crippen MR) is 77.2 cm³/mol. The summed E-state index contributed by atoms with van der Waals surface area (Å²) in [6, 6.07) is 1.87. The van der Waals surface area contributed by atoms with E-state index in [1.165, 1.54) is 25.8 Å². The molecular formula is C15H22N4. The molecule has 19 heavy (non-hydrogen) atoms. The SMILES string of the molecule is C=CC1(CN2CCN(c3ncccn3)CC2)CCC1. The van der Waals surface area contributed by atoms with Crippen molar-refractivity contribution >= 4 is 5.95 Å². The van der Waals surface area contributed by atoms with Crippen LogP contribution in [0.5, 0.6) is 0 Å². The quantitative estimate of drug-likeness (QED) is 0.773. The van der Waals surface area contributed by atoms with E-state index in [9.17, 15) is 0 Å². The largest absolute Gasteiger partial charge is 0.338 e. The fourth-order valence-corrected chi connectivity index (χ4v) is 3.06. The number of anilines is 1. The fourth-order valence-electron chi connectivity index (χ4n) is 3.06. The van der Waals surface area contributed by atoms with Crippen LogP contribution in [0.4, 0.5) is 5.95 Å². The number of rotatable bonds is 4. The second-order valence-electron chi connectivity index (χ2n) is 5.73. The van der Waals surface area contributed by atoms with Crippen molar-refractivity contribution in [3.63, 3.8) is 0 Å². The Bertz CT molecular complexity index is 419. The smallest absolute Gasteiger partial charge is 0.225 e. The molecule has 0 spiro atoms. The number of nitrogens with zero attached hydrogens (tertiary/aromatic N) is 4. The fraction of sp³-hybridized carbons (Fsp3) is 0.600. The second kappa shape index (κ2) is 5.29. The van der Waals surface area contributed by atoms with Crippen LogP contribution in [0.1, 0.15) is 19.3 Å². The third kappa shape index (κ3) is 2.63. The molecule has 102 valence electrons. The summed E-state index contributed by atoms with van der Waals surface area (Å²) in [6.07, 6.45) is 9.82. The molecule has 0 unspecified atom stereocenters. The van der Waals surface area contributed by atoms with Crippen LogP contribution >= 0.6 is 0 Å². The Labute approximate surface area is 115 Å². The maximum atomic E-state index is 4.33. The van der Waals surface area contributed by atoms with Gasteiger partial charge in [-0.1, -0.05) is 12.5 Å². The maximum absolute atomic E-state index is 4.33. The van der Waals surface area contributed by atoms with Crippen molar-refractivity contribution in [2.24, 2.45) is 5.41 Å². The Balaban J connectivity index is 1.54. The first-order valence-corrected chi connectivity index (χ1v) is 7.19. The number of piperazine rings is 1. The van der Waals surface area contributed by atoms with E-state index in [-0.39, 0.29) is 0 Å². The summed E-state index contributed by atoms with van der Waals surface area (Å²) >= 11 is 0. The van der Waals surface area contributed by atoms with Crippen molar-refractivity contribution in [3.05, 3.63) is 31.1 Å². The van der Waals surface area contributed by atoms with E-state index in [1.54, 1.807) is 0 Å².